The van der Waals surface area contributed by atoms with Crippen molar-refractivity contribution in [3.8, 4) is 0 Å². The minimum absolute atomic E-state index is 0.0301. The van der Waals surface area contributed by atoms with Gasteiger partial charge in [-0.1, -0.05) is 22.0 Å². The van der Waals surface area contributed by atoms with Gasteiger partial charge >= 0.3 is 0 Å². The summed E-state index contributed by atoms with van der Waals surface area (Å²) in [5.41, 5.74) is 2.39. The summed E-state index contributed by atoms with van der Waals surface area (Å²) in [4.78, 5) is 0. The molecule has 0 amide bonds. The second kappa shape index (κ2) is 4.74. The molecule has 0 aliphatic carbocycles. The third-order valence-corrected chi connectivity index (χ3v) is 2.51. The molecule has 13 heavy (non-hydrogen) atoms. The van der Waals surface area contributed by atoms with Crippen molar-refractivity contribution in [1.82, 2.24) is 5.32 Å². The summed E-state index contributed by atoms with van der Waals surface area (Å²) in [6.45, 7) is 2.07. The molecular formula is C10H14BrNO. The lowest BCUT2D eigenvalue weighted by atomic mass is 10.1. The highest BCUT2D eigenvalue weighted by Crippen LogP contribution is 2.22. The van der Waals surface area contributed by atoms with Gasteiger partial charge in [0.05, 0.1) is 0 Å². The van der Waals surface area contributed by atoms with Crippen LogP contribution in [-0.4, -0.2) is 14.2 Å². The van der Waals surface area contributed by atoms with Gasteiger partial charge in [-0.2, -0.15) is 0 Å². The van der Waals surface area contributed by atoms with Crippen LogP contribution in [0.15, 0.2) is 22.7 Å². The molecule has 1 unspecified atom stereocenters. The number of aryl methyl sites for hydroxylation is 1. The van der Waals surface area contributed by atoms with E-state index in [1.807, 2.05) is 13.1 Å². The van der Waals surface area contributed by atoms with E-state index in [0.29, 0.717) is 0 Å². The van der Waals surface area contributed by atoms with Gasteiger partial charge in [0, 0.05) is 11.6 Å². The van der Waals surface area contributed by atoms with Gasteiger partial charge in [-0.05, 0) is 37.2 Å². The predicted octanol–water partition coefficient (Wildman–Crippen LogP) is 2.62. The summed E-state index contributed by atoms with van der Waals surface area (Å²) < 4.78 is 6.36. The SMILES string of the molecule is CNC(OC)c1cc(Br)ccc1C. The maximum absolute atomic E-state index is 5.29. The first-order valence-electron chi connectivity index (χ1n) is 4.15. The van der Waals surface area contributed by atoms with Crippen molar-refractivity contribution in [2.75, 3.05) is 14.2 Å². The average Bonchev–Trinajstić information content (AvgIpc) is 2.13. The Bertz CT molecular complexity index is 284. The van der Waals surface area contributed by atoms with Gasteiger partial charge in [0.2, 0.25) is 0 Å². The quantitative estimate of drug-likeness (QED) is 0.825. The Morgan fingerprint density at radius 3 is 2.69 bits per heavy atom. The average molecular weight is 244 g/mol. The Morgan fingerprint density at radius 2 is 2.15 bits per heavy atom. The highest BCUT2D eigenvalue weighted by molar-refractivity contribution is 9.10. The molecule has 0 saturated carbocycles. The van der Waals surface area contributed by atoms with E-state index in [2.05, 4.69) is 40.3 Å². The number of ether oxygens (including phenoxy) is 1. The lowest BCUT2D eigenvalue weighted by Gasteiger charge is -2.17. The molecule has 1 aromatic carbocycles. The molecule has 0 aliphatic heterocycles. The topological polar surface area (TPSA) is 21.3 Å². The van der Waals surface area contributed by atoms with Crippen molar-refractivity contribution in [2.24, 2.45) is 0 Å². The first kappa shape index (κ1) is 10.7. The van der Waals surface area contributed by atoms with E-state index >= 15 is 0 Å². The van der Waals surface area contributed by atoms with Crippen LogP contribution < -0.4 is 5.32 Å². The van der Waals surface area contributed by atoms with Gasteiger partial charge < -0.3 is 4.74 Å². The van der Waals surface area contributed by atoms with E-state index in [-0.39, 0.29) is 6.23 Å². The fraction of sp³-hybridized carbons (Fsp3) is 0.400. The van der Waals surface area contributed by atoms with E-state index in [4.69, 9.17) is 4.74 Å². The van der Waals surface area contributed by atoms with Crippen LogP contribution in [0.2, 0.25) is 0 Å². The number of halogens is 1. The smallest absolute Gasteiger partial charge is 0.133 e. The van der Waals surface area contributed by atoms with Crippen LogP contribution in [0.25, 0.3) is 0 Å². The van der Waals surface area contributed by atoms with Crippen molar-refractivity contribution in [1.29, 1.82) is 0 Å². The molecule has 0 bridgehead atoms. The molecule has 0 radical (unpaired) electrons. The Balaban J connectivity index is 3.03. The minimum Gasteiger partial charge on any atom is -0.362 e. The molecule has 1 N–H and O–H groups in total. The minimum atomic E-state index is -0.0301. The van der Waals surface area contributed by atoms with Crippen molar-refractivity contribution in [3.63, 3.8) is 0 Å². The molecule has 1 rings (SSSR count). The zero-order chi connectivity index (χ0) is 9.84. The number of methoxy groups -OCH3 is 1. The van der Waals surface area contributed by atoms with Crippen LogP contribution in [0.3, 0.4) is 0 Å². The number of hydrogen-bond acceptors (Lipinski definition) is 2. The molecular weight excluding hydrogens is 230 g/mol. The van der Waals surface area contributed by atoms with Crippen LogP contribution in [0, 0.1) is 6.92 Å². The summed E-state index contributed by atoms with van der Waals surface area (Å²) >= 11 is 3.44. The monoisotopic (exact) mass is 243 g/mol. The summed E-state index contributed by atoms with van der Waals surface area (Å²) in [7, 11) is 3.58. The van der Waals surface area contributed by atoms with Gasteiger partial charge in [0.1, 0.15) is 6.23 Å². The van der Waals surface area contributed by atoms with E-state index in [0.717, 1.165) is 4.47 Å². The molecule has 0 aliphatic rings. The Hall–Kier alpha value is -0.380. The summed E-state index contributed by atoms with van der Waals surface area (Å²) in [6, 6.07) is 6.17. The fourth-order valence-electron chi connectivity index (χ4n) is 1.29. The van der Waals surface area contributed by atoms with Gasteiger partial charge in [-0.3, -0.25) is 5.32 Å². The zero-order valence-electron chi connectivity index (χ0n) is 8.10. The molecule has 72 valence electrons. The molecule has 0 spiro atoms. The molecule has 0 saturated heterocycles. The summed E-state index contributed by atoms with van der Waals surface area (Å²) in [5, 5.41) is 3.09. The molecule has 2 nitrogen and oxygen atoms in total. The van der Waals surface area contributed by atoms with Crippen molar-refractivity contribution < 1.29 is 4.74 Å². The maximum Gasteiger partial charge on any atom is 0.133 e. The summed E-state index contributed by atoms with van der Waals surface area (Å²) in [5.74, 6) is 0. The second-order valence-corrected chi connectivity index (χ2v) is 3.82. The van der Waals surface area contributed by atoms with Crippen LogP contribution in [0.5, 0.6) is 0 Å². The van der Waals surface area contributed by atoms with Crippen LogP contribution in [0.1, 0.15) is 17.4 Å². The zero-order valence-corrected chi connectivity index (χ0v) is 9.68. The third kappa shape index (κ3) is 2.53. The van der Waals surface area contributed by atoms with E-state index < -0.39 is 0 Å². The van der Waals surface area contributed by atoms with E-state index in [1.54, 1.807) is 7.11 Å². The largest absolute Gasteiger partial charge is 0.362 e. The molecule has 0 heterocycles. The van der Waals surface area contributed by atoms with Crippen LogP contribution >= 0.6 is 15.9 Å². The summed E-state index contributed by atoms with van der Waals surface area (Å²) in [6.07, 6.45) is -0.0301. The standard InChI is InChI=1S/C10H14BrNO/c1-7-4-5-8(11)6-9(7)10(12-2)13-3/h4-6,10,12H,1-3H3. The number of benzene rings is 1. The number of rotatable bonds is 3. The molecule has 3 heteroatoms. The Kier molecular flexibility index (Phi) is 3.90. The highest BCUT2D eigenvalue weighted by Gasteiger charge is 2.10. The second-order valence-electron chi connectivity index (χ2n) is 2.91. The molecule has 1 atom stereocenters. The van der Waals surface area contributed by atoms with E-state index in [9.17, 15) is 0 Å². The molecule has 0 aromatic heterocycles. The molecule has 0 fully saturated rings. The van der Waals surface area contributed by atoms with E-state index in [1.165, 1.54) is 11.1 Å². The normalized spacial score (nSPS) is 12.9. The number of nitrogens with one attached hydrogen (secondary N) is 1. The van der Waals surface area contributed by atoms with Crippen molar-refractivity contribution >= 4 is 15.9 Å². The Labute approximate surface area is 87.4 Å². The fourth-order valence-corrected chi connectivity index (χ4v) is 1.67. The van der Waals surface area contributed by atoms with Crippen molar-refractivity contribution in [2.45, 2.75) is 13.2 Å². The highest BCUT2D eigenvalue weighted by atomic mass is 79.9. The third-order valence-electron chi connectivity index (χ3n) is 2.02. The Morgan fingerprint density at radius 1 is 1.46 bits per heavy atom. The number of hydrogen-bond donors (Lipinski definition) is 1. The van der Waals surface area contributed by atoms with Crippen molar-refractivity contribution in [3.05, 3.63) is 33.8 Å². The van der Waals surface area contributed by atoms with Gasteiger partial charge in [0.15, 0.2) is 0 Å². The van der Waals surface area contributed by atoms with Gasteiger partial charge in [0.25, 0.3) is 0 Å². The van der Waals surface area contributed by atoms with Crippen LogP contribution in [-0.2, 0) is 4.74 Å². The molecule has 1 aromatic rings. The first-order chi connectivity index (χ1) is 6.19. The first-order valence-corrected chi connectivity index (χ1v) is 4.94. The lowest BCUT2D eigenvalue weighted by Crippen LogP contribution is -2.18. The predicted molar refractivity (Wildman–Crippen MR) is 57.7 cm³/mol. The maximum atomic E-state index is 5.29. The van der Waals surface area contributed by atoms with Gasteiger partial charge in [-0.25, -0.2) is 0 Å². The van der Waals surface area contributed by atoms with Crippen LogP contribution in [0.4, 0.5) is 0 Å². The van der Waals surface area contributed by atoms with Gasteiger partial charge in [-0.15, -0.1) is 0 Å². The lowest BCUT2D eigenvalue weighted by molar-refractivity contribution is 0.0803.